The molecular weight excluding hydrogens is 523 g/mol. The lowest BCUT2D eigenvalue weighted by atomic mass is 9.57. The first-order chi connectivity index (χ1) is 18.9. The van der Waals surface area contributed by atoms with Gasteiger partial charge in [-0.2, -0.15) is 0 Å². The van der Waals surface area contributed by atoms with Gasteiger partial charge in [-0.3, -0.25) is 24.2 Å². The summed E-state index contributed by atoms with van der Waals surface area (Å²) in [5, 5.41) is 48.5. The van der Waals surface area contributed by atoms with Crippen LogP contribution in [0.5, 0.6) is 5.75 Å². The van der Waals surface area contributed by atoms with Gasteiger partial charge < -0.3 is 31.5 Å². The van der Waals surface area contributed by atoms with E-state index >= 15 is 4.39 Å². The molecule has 2 aliphatic heterocycles. The van der Waals surface area contributed by atoms with Crippen LogP contribution in [0.3, 0.4) is 0 Å². The van der Waals surface area contributed by atoms with E-state index in [9.17, 15) is 34.8 Å². The third-order valence-electron chi connectivity index (χ3n) is 9.49. The number of halogens is 1. The van der Waals surface area contributed by atoms with E-state index in [1.165, 1.54) is 19.0 Å². The molecule has 2 heterocycles. The van der Waals surface area contributed by atoms with Crippen LogP contribution in [-0.2, 0) is 20.8 Å². The minimum absolute atomic E-state index is 0.0646. The van der Waals surface area contributed by atoms with Crippen LogP contribution >= 0.6 is 0 Å². The predicted molar refractivity (Wildman–Crippen MR) is 141 cm³/mol. The second-order valence-electron chi connectivity index (χ2n) is 11.7. The SMILES string of the molecule is CN(C)[C@@H]1C(=O)C(C(N)=O)=C(O)[C@@]2(O)C(=O)C3=C(O)c4c(O)c5c(c(F)c4C[C@H]3C[C@@H]12)C(N1CCCC1)CCN5. The Labute approximate surface area is 229 Å². The number of phenols is 1. The number of Topliss-reactive ketones (excluding diaryl/α,β-unsaturated/α-hetero) is 2. The van der Waals surface area contributed by atoms with E-state index in [2.05, 4.69) is 10.2 Å². The quantitative estimate of drug-likeness (QED) is 0.233. The number of fused-ring (bicyclic) bond motifs is 4. The Morgan fingerprint density at radius 3 is 2.48 bits per heavy atom. The highest BCUT2D eigenvalue weighted by molar-refractivity contribution is 6.24. The van der Waals surface area contributed by atoms with Crippen molar-refractivity contribution < 1.29 is 39.2 Å². The molecule has 12 heteroatoms. The van der Waals surface area contributed by atoms with Crippen molar-refractivity contribution in [2.75, 3.05) is 39.0 Å². The molecule has 2 fully saturated rings. The lowest BCUT2D eigenvalue weighted by molar-refractivity contribution is -0.153. The highest BCUT2D eigenvalue weighted by Crippen LogP contribution is 2.55. The van der Waals surface area contributed by atoms with Crippen LogP contribution in [0.15, 0.2) is 16.9 Å². The van der Waals surface area contributed by atoms with E-state index in [0.29, 0.717) is 18.5 Å². The van der Waals surface area contributed by atoms with Crippen molar-refractivity contribution in [2.24, 2.45) is 17.6 Å². The number of likely N-dealkylation sites (tertiary alicyclic amines) is 1. The number of nitrogens with two attached hydrogens (primary N) is 1. The summed E-state index contributed by atoms with van der Waals surface area (Å²) in [4.78, 5) is 42.9. The molecule has 5 atom stereocenters. The van der Waals surface area contributed by atoms with Crippen LogP contribution in [0.25, 0.3) is 5.76 Å². The first kappa shape index (κ1) is 26.7. The number of anilines is 1. The summed E-state index contributed by atoms with van der Waals surface area (Å²) < 4.78 is 16.4. The number of aliphatic hydroxyl groups excluding tert-OH is 2. The number of amides is 1. The summed E-state index contributed by atoms with van der Waals surface area (Å²) in [5.74, 6) is -8.07. The molecule has 1 saturated heterocycles. The van der Waals surface area contributed by atoms with Crippen LogP contribution in [-0.4, -0.2) is 93.1 Å². The molecule has 3 aliphatic carbocycles. The number of hydrogen-bond acceptors (Lipinski definition) is 10. The number of benzene rings is 1. The topological polar surface area (TPSA) is 177 Å². The number of carbonyl (C=O) groups is 3. The van der Waals surface area contributed by atoms with E-state index in [4.69, 9.17) is 5.73 Å². The standard InChI is InChI=1S/C28H33FN4O7/c1-32(2)21-13-10-11-9-12-16(22(34)15(11)25(37)28(13,40)26(38)18(24(21)36)27(30)39)23(35)20-17(19(12)29)14(5-6-31-20)33-7-3-4-8-33/h11,13-14,21,31,34-35,38,40H,3-10H2,1-2H3,(H2,30,39)/t11-,13-,14?,21-,28-/m0/s1. The zero-order valence-electron chi connectivity index (χ0n) is 22.3. The molecule has 6 rings (SSSR count). The molecule has 214 valence electrons. The van der Waals surface area contributed by atoms with Crippen LogP contribution in [0.4, 0.5) is 10.1 Å². The largest absolute Gasteiger partial charge is 0.508 e. The molecule has 1 aromatic carbocycles. The Kier molecular flexibility index (Phi) is 6.02. The van der Waals surface area contributed by atoms with Gasteiger partial charge in [-0.05, 0) is 65.2 Å². The average molecular weight is 557 g/mol. The number of phenolic OH excluding ortho intramolecular Hbond substituents is 1. The molecule has 0 radical (unpaired) electrons. The number of hydrogen-bond donors (Lipinski definition) is 6. The maximum atomic E-state index is 16.4. The van der Waals surface area contributed by atoms with Crippen molar-refractivity contribution in [3.8, 4) is 5.75 Å². The Balaban J connectivity index is 1.54. The maximum Gasteiger partial charge on any atom is 0.255 e. The number of aromatic hydroxyl groups is 1. The highest BCUT2D eigenvalue weighted by atomic mass is 19.1. The molecule has 7 N–H and O–H groups in total. The molecule has 5 aliphatic rings. The Hall–Kier alpha value is -3.48. The van der Waals surface area contributed by atoms with E-state index in [0.717, 1.165) is 25.9 Å². The van der Waals surface area contributed by atoms with Gasteiger partial charge in [0, 0.05) is 35.2 Å². The fraction of sp³-hybridized carbons (Fsp3) is 0.536. The number of rotatable bonds is 3. The van der Waals surface area contributed by atoms with Crippen LogP contribution in [0.2, 0.25) is 0 Å². The summed E-state index contributed by atoms with van der Waals surface area (Å²) in [7, 11) is 3.06. The molecule has 1 saturated carbocycles. The molecular formula is C28H33FN4O7. The van der Waals surface area contributed by atoms with E-state index in [1.54, 1.807) is 0 Å². The molecule has 0 aromatic heterocycles. The fourth-order valence-electron chi connectivity index (χ4n) is 7.75. The minimum atomic E-state index is -2.73. The van der Waals surface area contributed by atoms with Crippen molar-refractivity contribution in [1.82, 2.24) is 9.80 Å². The van der Waals surface area contributed by atoms with Crippen molar-refractivity contribution in [3.63, 3.8) is 0 Å². The molecule has 40 heavy (non-hydrogen) atoms. The van der Waals surface area contributed by atoms with Gasteiger partial charge in [-0.25, -0.2) is 4.39 Å². The normalized spacial score (nSPS) is 32.0. The van der Waals surface area contributed by atoms with Gasteiger partial charge in [0.05, 0.1) is 17.3 Å². The molecule has 1 amide bonds. The number of ketones is 2. The van der Waals surface area contributed by atoms with Crippen LogP contribution < -0.4 is 11.1 Å². The third-order valence-corrected chi connectivity index (χ3v) is 9.49. The number of carbonyl (C=O) groups excluding carboxylic acids is 3. The van der Waals surface area contributed by atoms with Crippen molar-refractivity contribution in [3.05, 3.63) is 39.4 Å². The first-order valence-corrected chi connectivity index (χ1v) is 13.6. The van der Waals surface area contributed by atoms with E-state index in [1.807, 2.05) is 0 Å². The number of likely N-dealkylation sites (N-methyl/N-ethyl adjacent to an activating group) is 1. The zero-order chi connectivity index (χ0) is 28.8. The van der Waals surface area contributed by atoms with Gasteiger partial charge in [0.1, 0.15) is 28.7 Å². The van der Waals surface area contributed by atoms with Gasteiger partial charge >= 0.3 is 0 Å². The Morgan fingerprint density at radius 1 is 1.18 bits per heavy atom. The summed E-state index contributed by atoms with van der Waals surface area (Å²) in [5.41, 5.74) is 1.79. The number of nitrogens with zero attached hydrogens (tertiary/aromatic N) is 2. The second kappa shape index (κ2) is 9.02. The summed E-state index contributed by atoms with van der Waals surface area (Å²) >= 11 is 0. The van der Waals surface area contributed by atoms with Gasteiger partial charge in [-0.1, -0.05) is 0 Å². The summed E-state index contributed by atoms with van der Waals surface area (Å²) in [6.45, 7) is 2.12. The lowest BCUT2D eigenvalue weighted by Crippen LogP contribution is -2.65. The zero-order valence-corrected chi connectivity index (χ0v) is 22.3. The first-order valence-electron chi connectivity index (χ1n) is 13.6. The minimum Gasteiger partial charge on any atom is -0.508 e. The lowest BCUT2D eigenvalue weighted by Gasteiger charge is -2.50. The van der Waals surface area contributed by atoms with E-state index in [-0.39, 0.29) is 47.0 Å². The maximum absolute atomic E-state index is 16.4. The van der Waals surface area contributed by atoms with Crippen LogP contribution in [0.1, 0.15) is 48.4 Å². The summed E-state index contributed by atoms with van der Waals surface area (Å²) in [6, 6.07) is -1.44. The molecule has 0 spiro atoms. The molecule has 11 nitrogen and oxygen atoms in total. The summed E-state index contributed by atoms with van der Waals surface area (Å²) in [6.07, 6.45) is 2.49. The second-order valence-corrected chi connectivity index (χ2v) is 11.7. The fourth-order valence-corrected chi connectivity index (χ4v) is 7.75. The predicted octanol–water partition coefficient (Wildman–Crippen LogP) is 1.06. The third kappa shape index (κ3) is 3.36. The molecule has 0 bridgehead atoms. The van der Waals surface area contributed by atoms with Gasteiger partial charge in [0.2, 0.25) is 5.78 Å². The van der Waals surface area contributed by atoms with Gasteiger partial charge in [0.15, 0.2) is 11.4 Å². The van der Waals surface area contributed by atoms with Gasteiger partial charge in [0.25, 0.3) is 5.91 Å². The average Bonchev–Trinajstić information content (AvgIpc) is 3.43. The number of aliphatic hydroxyl groups is 3. The Bertz CT molecular complexity index is 1430. The Morgan fingerprint density at radius 2 is 1.85 bits per heavy atom. The number of nitrogens with one attached hydrogen (secondary N) is 1. The molecule has 1 unspecified atom stereocenters. The number of primary amides is 1. The van der Waals surface area contributed by atoms with E-state index < -0.39 is 63.9 Å². The van der Waals surface area contributed by atoms with Gasteiger partial charge in [-0.15, -0.1) is 0 Å². The van der Waals surface area contributed by atoms with Crippen molar-refractivity contribution in [1.29, 1.82) is 0 Å². The van der Waals surface area contributed by atoms with Crippen LogP contribution in [0, 0.1) is 17.7 Å². The molecule has 1 aromatic rings. The monoisotopic (exact) mass is 556 g/mol. The van der Waals surface area contributed by atoms with Crippen molar-refractivity contribution >= 4 is 28.9 Å². The van der Waals surface area contributed by atoms with Crippen molar-refractivity contribution in [2.45, 2.75) is 49.8 Å². The smallest absolute Gasteiger partial charge is 0.255 e. The highest BCUT2D eigenvalue weighted by Gasteiger charge is 2.64.